The Morgan fingerprint density at radius 1 is 1.50 bits per heavy atom. The highest BCUT2D eigenvalue weighted by atomic mass is 32.1. The first kappa shape index (κ1) is 20.2. The maximum Gasteiger partial charge on any atom is 0.270 e. The average molecular weight is 425 g/mol. The molecule has 1 aliphatic rings. The van der Waals surface area contributed by atoms with Gasteiger partial charge in [-0.3, -0.25) is 14.6 Å². The fourth-order valence-corrected chi connectivity index (χ4v) is 4.67. The molecule has 2 N–H and O–H groups in total. The molecule has 3 aromatic rings. The highest BCUT2D eigenvalue weighted by Gasteiger charge is 2.27. The van der Waals surface area contributed by atoms with Crippen molar-refractivity contribution >= 4 is 33.4 Å². The van der Waals surface area contributed by atoms with Gasteiger partial charge in [0.15, 0.2) is 0 Å². The van der Waals surface area contributed by atoms with Crippen LogP contribution in [0, 0.1) is 5.92 Å². The molecule has 1 amide bonds. The van der Waals surface area contributed by atoms with E-state index in [1.165, 1.54) is 11.3 Å². The summed E-state index contributed by atoms with van der Waals surface area (Å²) in [7, 11) is 1.63. The number of amides is 1. The lowest BCUT2D eigenvalue weighted by atomic mass is 9.97. The van der Waals surface area contributed by atoms with Gasteiger partial charge in [0.2, 0.25) is 11.9 Å². The summed E-state index contributed by atoms with van der Waals surface area (Å²) in [5.74, 6) is 1.13. The van der Waals surface area contributed by atoms with E-state index < -0.39 is 0 Å². The van der Waals surface area contributed by atoms with Gasteiger partial charge in [0.1, 0.15) is 10.4 Å². The molecule has 3 heterocycles. The van der Waals surface area contributed by atoms with Crippen molar-refractivity contribution in [2.75, 3.05) is 31.6 Å². The Kier molecular flexibility index (Phi) is 5.85. The Morgan fingerprint density at radius 2 is 2.37 bits per heavy atom. The summed E-state index contributed by atoms with van der Waals surface area (Å²) < 4.78 is 5.92. The molecule has 30 heavy (non-hydrogen) atoms. The normalized spacial score (nSPS) is 16.4. The van der Waals surface area contributed by atoms with E-state index in [0.29, 0.717) is 29.3 Å². The second kappa shape index (κ2) is 8.71. The second-order valence-electron chi connectivity index (χ2n) is 7.27. The number of methoxy groups -OCH3 is 1. The molecule has 0 bridgehead atoms. The van der Waals surface area contributed by atoms with Crippen molar-refractivity contribution in [3.05, 3.63) is 52.7 Å². The number of piperidine rings is 1. The van der Waals surface area contributed by atoms with Gasteiger partial charge in [-0.05, 0) is 30.5 Å². The number of ether oxygens (including phenoxy) is 1. The number of carbonyl (C=O) groups excluding carboxylic acids is 1. The van der Waals surface area contributed by atoms with Crippen molar-refractivity contribution in [2.24, 2.45) is 5.92 Å². The molecule has 0 spiro atoms. The monoisotopic (exact) mass is 424 g/mol. The third-order valence-electron chi connectivity index (χ3n) is 5.31. The minimum Gasteiger partial charge on any atom is -0.497 e. The molecule has 0 saturated carbocycles. The van der Waals surface area contributed by atoms with E-state index in [-0.39, 0.29) is 17.4 Å². The lowest BCUT2D eigenvalue weighted by Crippen LogP contribution is -2.44. The van der Waals surface area contributed by atoms with Gasteiger partial charge >= 0.3 is 0 Å². The predicted octanol–water partition coefficient (Wildman–Crippen LogP) is 3.18. The Labute approximate surface area is 178 Å². The number of nitrogens with zero attached hydrogens (tertiary/aromatic N) is 2. The molecule has 0 aliphatic carbocycles. The standard InChI is InChI=1S/C22H24N4O3S/c1-3-9-23-20(27)15-7-5-10-26(12-15)22-24-18-17(13-30-19(18)21(28)25-22)14-6-4-8-16(11-14)29-2/h3-4,6,8,11,13,15H,1,5,7,9-10,12H2,2H3,(H,23,27)(H,24,25,28). The van der Waals surface area contributed by atoms with Crippen LogP contribution in [0.4, 0.5) is 5.95 Å². The summed E-state index contributed by atoms with van der Waals surface area (Å²) in [6, 6.07) is 7.72. The Bertz CT molecular complexity index is 1140. The number of aromatic amines is 1. The zero-order chi connectivity index (χ0) is 21.1. The van der Waals surface area contributed by atoms with Gasteiger partial charge < -0.3 is 15.0 Å². The number of H-pyrrole nitrogens is 1. The van der Waals surface area contributed by atoms with Crippen molar-refractivity contribution in [3.8, 4) is 16.9 Å². The van der Waals surface area contributed by atoms with Crippen LogP contribution in [-0.2, 0) is 4.79 Å². The van der Waals surface area contributed by atoms with Gasteiger partial charge in [-0.25, -0.2) is 4.98 Å². The summed E-state index contributed by atoms with van der Waals surface area (Å²) in [6.07, 6.45) is 3.35. The van der Waals surface area contributed by atoms with Crippen molar-refractivity contribution in [1.82, 2.24) is 15.3 Å². The summed E-state index contributed by atoms with van der Waals surface area (Å²) in [4.78, 5) is 34.8. The number of anilines is 1. The first-order valence-electron chi connectivity index (χ1n) is 9.90. The van der Waals surface area contributed by atoms with Gasteiger partial charge in [-0.2, -0.15) is 0 Å². The van der Waals surface area contributed by atoms with Crippen LogP contribution >= 0.6 is 11.3 Å². The van der Waals surface area contributed by atoms with E-state index in [4.69, 9.17) is 9.72 Å². The number of rotatable bonds is 6. The van der Waals surface area contributed by atoms with E-state index in [1.807, 2.05) is 34.5 Å². The van der Waals surface area contributed by atoms with Gasteiger partial charge in [0.05, 0.1) is 18.5 Å². The lowest BCUT2D eigenvalue weighted by molar-refractivity contribution is -0.125. The van der Waals surface area contributed by atoms with Crippen LogP contribution in [-0.4, -0.2) is 42.6 Å². The predicted molar refractivity (Wildman–Crippen MR) is 120 cm³/mol. The number of benzene rings is 1. The van der Waals surface area contributed by atoms with Crippen LogP contribution in [0.2, 0.25) is 0 Å². The van der Waals surface area contributed by atoms with Gasteiger partial charge in [0, 0.05) is 30.6 Å². The number of nitrogens with one attached hydrogen (secondary N) is 2. The van der Waals surface area contributed by atoms with E-state index >= 15 is 0 Å². The minimum absolute atomic E-state index is 0.00984. The maximum atomic E-state index is 12.7. The Hall–Kier alpha value is -3.13. The molecule has 1 saturated heterocycles. The lowest BCUT2D eigenvalue weighted by Gasteiger charge is -2.32. The van der Waals surface area contributed by atoms with Crippen LogP contribution in [0.15, 0.2) is 47.1 Å². The van der Waals surface area contributed by atoms with Crippen molar-refractivity contribution in [3.63, 3.8) is 0 Å². The molecular formula is C22H24N4O3S. The number of hydrogen-bond acceptors (Lipinski definition) is 6. The molecule has 1 unspecified atom stereocenters. The second-order valence-corrected chi connectivity index (χ2v) is 8.15. The van der Waals surface area contributed by atoms with Gasteiger partial charge in [0.25, 0.3) is 5.56 Å². The SMILES string of the molecule is C=CCNC(=O)C1CCCN(c2nc3c(-c4cccc(OC)c4)csc3c(=O)[nH]2)C1. The molecule has 1 aliphatic heterocycles. The summed E-state index contributed by atoms with van der Waals surface area (Å²) in [5.41, 5.74) is 2.36. The van der Waals surface area contributed by atoms with Crippen molar-refractivity contribution in [2.45, 2.75) is 12.8 Å². The molecule has 1 aromatic carbocycles. The van der Waals surface area contributed by atoms with Gasteiger partial charge in [-0.15, -0.1) is 17.9 Å². The number of thiophene rings is 1. The quantitative estimate of drug-likeness (QED) is 0.594. The van der Waals surface area contributed by atoms with Crippen LogP contribution < -0.4 is 20.5 Å². The first-order valence-corrected chi connectivity index (χ1v) is 10.8. The van der Waals surface area contributed by atoms with E-state index in [0.717, 1.165) is 36.3 Å². The largest absolute Gasteiger partial charge is 0.497 e. The summed E-state index contributed by atoms with van der Waals surface area (Å²) in [5, 5.41) is 4.82. The van der Waals surface area contributed by atoms with Crippen LogP contribution in [0.5, 0.6) is 5.75 Å². The molecule has 156 valence electrons. The fourth-order valence-electron chi connectivity index (χ4n) is 3.76. The zero-order valence-electron chi connectivity index (χ0n) is 16.8. The Morgan fingerprint density at radius 3 is 3.17 bits per heavy atom. The van der Waals surface area contributed by atoms with E-state index in [2.05, 4.69) is 16.9 Å². The molecule has 1 fully saturated rings. The number of aromatic nitrogens is 2. The smallest absolute Gasteiger partial charge is 0.270 e. The third-order valence-corrected chi connectivity index (χ3v) is 6.28. The topological polar surface area (TPSA) is 87.3 Å². The first-order chi connectivity index (χ1) is 14.6. The van der Waals surface area contributed by atoms with Crippen LogP contribution in [0.1, 0.15) is 12.8 Å². The Balaban J connectivity index is 1.67. The van der Waals surface area contributed by atoms with E-state index in [9.17, 15) is 9.59 Å². The molecule has 8 heteroatoms. The maximum absolute atomic E-state index is 12.7. The molecule has 2 aromatic heterocycles. The summed E-state index contributed by atoms with van der Waals surface area (Å²) in [6.45, 7) is 5.36. The molecule has 0 radical (unpaired) electrons. The molecule has 4 rings (SSSR count). The third kappa shape index (κ3) is 3.95. The summed E-state index contributed by atoms with van der Waals surface area (Å²) >= 11 is 1.38. The zero-order valence-corrected chi connectivity index (χ0v) is 17.6. The minimum atomic E-state index is -0.160. The molecule has 1 atom stereocenters. The van der Waals surface area contributed by atoms with Crippen molar-refractivity contribution < 1.29 is 9.53 Å². The molecule has 7 nitrogen and oxygen atoms in total. The molecular weight excluding hydrogens is 400 g/mol. The van der Waals surface area contributed by atoms with Crippen molar-refractivity contribution in [1.29, 1.82) is 0 Å². The number of carbonyl (C=O) groups is 1. The fraction of sp³-hybridized carbons (Fsp3) is 0.318. The number of fused-ring (bicyclic) bond motifs is 1. The van der Waals surface area contributed by atoms with E-state index in [1.54, 1.807) is 13.2 Å². The van der Waals surface area contributed by atoms with Crippen LogP contribution in [0.25, 0.3) is 21.3 Å². The van der Waals surface area contributed by atoms with Crippen LogP contribution in [0.3, 0.4) is 0 Å². The average Bonchev–Trinajstić information content (AvgIpc) is 3.22. The number of hydrogen-bond donors (Lipinski definition) is 2. The highest BCUT2D eigenvalue weighted by Crippen LogP contribution is 2.33. The highest BCUT2D eigenvalue weighted by molar-refractivity contribution is 7.17. The van der Waals surface area contributed by atoms with Gasteiger partial charge in [-0.1, -0.05) is 18.2 Å².